The molecule has 1 amide bonds. The van der Waals surface area contributed by atoms with E-state index in [9.17, 15) is 19.5 Å². The minimum Gasteiger partial charge on any atom is -0.480 e. The number of carboxylic acids is 1. The van der Waals surface area contributed by atoms with E-state index >= 15 is 0 Å². The van der Waals surface area contributed by atoms with E-state index in [-0.39, 0.29) is 26.0 Å². The number of rotatable bonds is 9. The molecule has 1 heterocycles. The lowest BCUT2D eigenvalue weighted by Crippen LogP contribution is -2.53. The first-order chi connectivity index (χ1) is 14.1. The number of carbonyl (C=O) groups excluding carboxylic acids is 2. The third kappa shape index (κ3) is 5.79. The van der Waals surface area contributed by atoms with Gasteiger partial charge in [-0.2, -0.15) is 0 Å². The highest BCUT2D eigenvalue weighted by Gasteiger charge is 2.36. The van der Waals surface area contributed by atoms with Crippen molar-refractivity contribution in [1.82, 2.24) is 10.2 Å². The monoisotopic (exact) mass is 379 g/mol. The minimum absolute atomic E-state index is 0.113. The van der Waals surface area contributed by atoms with Crippen molar-refractivity contribution in [1.29, 1.82) is 0 Å². The predicted molar refractivity (Wildman–Crippen MR) is 100 cm³/mol. The Morgan fingerprint density at radius 3 is 2.74 bits per heavy atom. The Bertz CT molecular complexity index is 742. The van der Waals surface area contributed by atoms with E-state index in [0.29, 0.717) is 12.8 Å². The summed E-state index contributed by atoms with van der Waals surface area (Å²) in [6.07, 6.45) is 1.45. The first kappa shape index (κ1) is 16.7. The lowest BCUT2D eigenvalue weighted by Gasteiger charge is -2.27. The highest BCUT2D eigenvalue weighted by molar-refractivity contribution is 5.88. The van der Waals surface area contributed by atoms with Crippen LogP contribution in [0.4, 0.5) is 0 Å². The molecule has 7 heteroatoms. The smallest absolute Gasteiger partial charge is 0.326 e. The molecule has 1 fully saturated rings. The molecule has 0 aromatic heterocycles. The normalized spacial score (nSPS) is 20.9. The van der Waals surface area contributed by atoms with Gasteiger partial charge in [-0.05, 0) is 45.0 Å². The van der Waals surface area contributed by atoms with Crippen LogP contribution in [0.25, 0.3) is 0 Å². The summed E-state index contributed by atoms with van der Waals surface area (Å²) in [6.45, 7) is -0.847. The van der Waals surface area contributed by atoms with Gasteiger partial charge in [-0.3, -0.25) is 14.9 Å². The van der Waals surface area contributed by atoms with Crippen LogP contribution in [0.2, 0.25) is 0 Å². The van der Waals surface area contributed by atoms with Crippen LogP contribution in [0.1, 0.15) is 42.7 Å². The second kappa shape index (κ2) is 10.1. The van der Waals surface area contributed by atoms with Gasteiger partial charge in [0.05, 0.1) is 12.6 Å². The number of nitrogens with one attached hydrogen (secondary N) is 1. The summed E-state index contributed by atoms with van der Waals surface area (Å²) < 4.78 is 28.5. The molecule has 1 aromatic carbocycles. The molecule has 2 N–H and O–H groups in total. The number of aryl methyl sites for hydroxylation is 1. The van der Waals surface area contributed by atoms with Gasteiger partial charge in [0, 0.05) is 10.7 Å². The number of nitrogens with zero attached hydrogens (tertiary/aromatic N) is 1. The van der Waals surface area contributed by atoms with Gasteiger partial charge in [0.2, 0.25) is 5.91 Å². The summed E-state index contributed by atoms with van der Waals surface area (Å²) >= 11 is 0. The van der Waals surface area contributed by atoms with Crippen LogP contribution in [-0.4, -0.2) is 59.1 Å². The number of hydrogen-bond donors (Lipinski definition) is 2. The number of aliphatic carboxylic acids is 1. The van der Waals surface area contributed by atoms with E-state index in [4.69, 9.17) is 8.85 Å². The highest BCUT2D eigenvalue weighted by Crippen LogP contribution is 2.19. The first-order valence-corrected chi connectivity index (χ1v) is 9.15. The summed E-state index contributed by atoms with van der Waals surface area (Å²) in [5.74, 6) is -2.66. The largest absolute Gasteiger partial charge is 0.480 e. The van der Waals surface area contributed by atoms with Crippen molar-refractivity contribution in [3.63, 3.8) is 0 Å². The maximum Gasteiger partial charge on any atom is 0.326 e. The van der Waals surface area contributed by atoms with Gasteiger partial charge in [-0.1, -0.05) is 30.3 Å². The van der Waals surface area contributed by atoms with E-state index in [0.717, 1.165) is 10.5 Å². The zero-order valence-electron chi connectivity index (χ0n) is 18.4. The average Bonchev–Trinajstić information content (AvgIpc) is 3.18. The van der Waals surface area contributed by atoms with Crippen molar-refractivity contribution in [3.8, 4) is 0 Å². The SMILES string of the molecule is [2H]C([2H])([2H])[C@@H](N[C@@H](CCc1ccccc1)C(=O)OCC)C(=O)N1CCC[C@H]1C(=O)O. The van der Waals surface area contributed by atoms with E-state index in [2.05, 4.69) is 5.32 Å². The van der Waals surface area contributed by atoms with Gasteiger partial charge < -0.3 is 14.7 Å². The summed E-state index contributed by atoms with van der Waals surface area (Å²) in [6, 6.07) is 5.56. The van der Waals surface area contributed by atoms with Gasteiger partial charge in [-0.25, -0.2) is 4.79 Å². The number of benzene rings is 1. The average molecular weight is 379 g/mol. The van der Waals surface area contributed by atoms with Crippen molar-refractivity contribution in [2.24, 2.45) is 0 Å². The molecule has 1 aliphatic rings. The fraction of sp³-hybridized carbons (Fsp3) is 0.550. The summed E-state index contributed by atoms with van der Waals surface area (Å²) in [5.41, 5.74) is 0.954. The number of amides is 1. The number of carboxylic acid groups (broad SMARTS) is 1. The van der Waals surface area contributed by atoms with E-state index in [1.807, 2.05) is 30.3 Å². The van der Waals surface area contributed by atoms with Crippen LogP contribution in [0.5, 0.6) is 0 Å². The second-order valence-corrected chi connectivity index (χ2v) is 6.46. The van der Waals surface area contributed by atoms with Gasteiger partial charge in [-0.15, -0.1) is 0 Å². The summed E-state index contributed by atoms with van der Waals surface area (Å²) in [7, 11) is 0. The van der Waals surface area contributed by atoms with Gasteiger partial charge in [0.25, 0.3) is 0 Å². The fourth-order valence-corrected chi connectivity index (χ4v) is 3.19. The predicted octanol–water partition coefficient (Wildman–Crippen LogP) is 1.60. The third-order valence-electron chi connectivity index (χ3n) is 4.57. The number of likely N-dealkylation sites (tertiary alicyclic amines) is 1. The second-order valence-electron chi connectivity index (χ2n) is 6.46. The molecule has 3 atom stereocenters. The Labute approximate surface area is 163 Å². The molecule has 0 radical (unpaired) electrons. The molecule has 7 nitrogen and oxygen atoms in total. The quantitative estimate of drug-likeness (QED) is 0.633. The summed E-state index contributed by atoms with van der Waals surface area (Å²) in [5, 5.41) is 12.0. The zero-order chi connectivity index (χ0) is 22.3. The fourth-order valence-electron chi connectivity index (χ4n) is 3.19. The number of esters is 1. The molecule has 1 aliphatic heterocycles. The number of carbonyl (C=O) groups is 3. The van der Waals surface area contributed by atoms with Gasteiger partial charge >= 0.3 is 11.9 Å². The molecule has 2 rings (SSSR count). The van der Waals surface area contributed by atoms with Crippen molar-refractivity contribution < 1.29 is 28.3 Å². The topological polar surface area (TPSA) is 95.9 Å². The molecule has 148 valence electrons. The minimum atomic E-state index is -2.76. The Morgan fingerprint density at radius 2 is 2.11 bits per heavy atom. The van der Waals surface area contributed by atoms with Crippen molar-refractivity contribution in [2.45, 2.75) is 57.6 Å². The van der Waals surface area contributed by atoms with Crippen LogP contribution in [0, 0.1) is 0 Å². The Balaban J connectivity index is 2.21. The molecule has 0 spiro atoms. The number of ether oxygens (including phenoxy) is 1. The van der Waals surface area contributed by atoms with Crippen LogP contribution in [-0.2, 0) is 25.5 Å². The highest BCUT2D eigenvalue weighted by atomic mass is 16.5. The maximum absolute atomic E-state index is 13.0. The van der Waals surface area contributed by atoms with E-state index in [1.54, 1.807) is 6.92 Å². The molecule has 0 bridgehead atoms. The molecule has 1 aromatic rings. The molecule has 0 unspecified atom stereocenters. The standard InChI is InChI=1S/C20H28N2O5/c1-3-27-20(26)16(12-11-15-8-5-4-6-9-15)21-14(2)18(23)22-13-7-10-17(22)19(24)25/h4-6,8-9,14,16-17,21H,3,7,10-13H2,1-2H3,(H,24,25)/t14-,16+,17+/m1/s1/i2D3. The van der Waals surface area contributed by atoms with Crippen molar-refractivity contribution in [2.75, 3.05) is 13.2 Å². The molecule has 0 aliphatic carbocycles. The molecular weight excluding hydrogens is 348 g/mol. The molecule has 0 saturated carbocycles. The lowest BCUT2D eigenvalue weighted by atomic mass is 10.0. The Kier molecular flexibility index (Phi) is 6.24. The van der Waals surface area contributed by atoms with Crippen molar-refractivity contribution >= 4 is 17.8 Å². The van der Waals surface area contributed by atoms with E-state index in [1.165, 1.54) is 0 Å². The van der Waals surface area contributed by atoms with Crippen LogP contribution in [0.3, 0.4) is 0 Å². The maximum atomic E-state index is 13.0. The zero-order valence-corrected chi connectivity index (χ0v) is 15.4. The molecule has 27 heavy (non-hydrogen) atoms. The van der Waals surface area contributed by atoms with Crippen LogP contribution >= 0.6 is 0 Å². The summed E-state index contributed by atoms with van der Waals surface area (Å²) in [4.78, 5) is 38.0. The lowest BCUT2D eigenvalue weighted by molar-refractivity contribution is -0.150. The Morgan fingerprint density at radius 1 is 1.37 bits per heavy atom. The molecule has 1 saturated heterocycles. The van der Waals surface area contributed by atoms with Gasteiger partial charge in [0.15, 0.2) is 0 Å². The third-order valence-corrected chi connectivity index (χ3v) is 4.57. The van der Waals surface area contributed by atoms with Crippen LogP contribution < -0.4 is 5.32 Å². The Hall–Kier alpha value is -2.41. The first-order valence-electron chi connectivity index (χ1n) is 10.6. The molecular formula is C20H28N2O5. The van der Waals surface area contributed by atoms with E-state index < -0.39 is 42.8 Å². The van der Waals surface area contributed by atoms with Crippen LogP contribution in [0.15, 0.2) is 30.3 Å². The van der Waals surface area contributed by atoms with Gasteiger partial charge in [0.1, 0.15) is 12.1 Å². The number of hydrogen-bond acceptors (Lipinski definition) is 5. The van der Waals surface area contributed by atoms with Crippen molar-refractivity contribution in [3.05, 3.63) is 35.9 Å².